The molecular formula is C19H25ClN4O3S. The first-order valence-corrected chi connectivity index (χ1v) is 11.1. The van der Waals surface area contributed by atoms with Crippen molar-refractivity contribution in [3.63, 3.8) is 0 Å². The second kappa shape index (κ2) is 8.13. The number of hydrogen-bond acceptors (Lipinski definition) is 4. The normalized spacial score (nSPS) is 19.7. The first-order chi connectivity index (χ1) is 13.2. The van der Waals surface area contributed by atoms with E-state index >= 15 is 0 Å². The van der Waals surface area contributed by atoms with E-state index in [1.54, 1.807) is 36.1 Å². The maximum atomic E-state index is 12.7. The fraction of sp³-hybridized carbons (Fsp3) is 0.474. The second-order valence-corrected chi connectivity index (χ2v) is 9.26. The predicted molar refractivity (Wildman–Crippen MR) is 112 cm³/mol. The van der Waals surface area contributed by atoms with Gasteiger partial charge < -0.3 is 15.1 Å². The van der Waals surface area contributed by atoms with Gasteiger partial charge in [-0.2, -0.15) is 8.42 Å². The third-order valence-electron chi connectivity index (χ3n) is 4.72. The number of amides is 2. The maximum Gasteiger partial charge on any atom is 0.317 e. The summed E-state index contributed by atoms with van der Waals surface area (Å²) in [5.74, 6) is 0.459. The van der Waals surface area contributed by atoms with Crippen LogP contribution in [0.2, 0.25) is 5.02 Å². The van der Waals surface area contributed by atoms with E-state index in [9.17, 15) is 13.2 Å². The summed E-state index contributed by atoms with van der Waals surface area (Å²) in [5.41, 5.74) is 1.15. The Morgan fingerprint density at radius 1 is 1.21 bits per heavy atom. The van der Waals surface area contributed by atoms with Crippen LogP contribution in [-0.4, -0.2) is 62.3 Å². The lowest BCUT2D eigenvalue weighted by Gasteiger charge is -2.24. The highest BCUT2D eigenvalue weighted by molar-refractivity contribution is 8.00. The summed E-state index contributed by atoms with van der Waals surface area (Å²) in [7, 11) is -3.79. The Morgan fingerprint density at radius 3 is 2.64 bits per heavy atom. The molecule has 2 heterocycles. The summed E-state index contributed by atoms with van der Waals surface area (Å²) in [6, 6.07) is 6.77. The van der Waals surface area contributed by atoms with Gasteiger partial charge in [0.1, 0.15) is 10.7 Å². The van der Waals surface area contributed by atoms with Crippen molar-refractivity contribution in [2.24, 2.45) is 4.40 Å². The van der Waals surface area contributed by atoms with Crippen LogP contribution in [0.15, 0.2) is 34.2 Å². The number of halogens is 1. The van der Waals surface area contributed by atoms with Gasteiger partial charge in [-0.25, -0.2) is 4.79 Å². The van der Waals surface area contributed by atoms with Gasteiger partial charge in [0.2, 0.25) is 0 Å². The lowest BCUT2D eigenvalue weighted by atomic mass is 10.1. The number of rotatable bonds is 2. The fourth-order valence-corrected chi connectivity index (χ4v) is 5.15. The number of nitrogens with one attached hydrogen (secondary N) is 1. The first-order valence-electron chi connectivity index (χ1n) is 9.31. The zero-order valence-electron chi connectivity index (χ0n) is 16.3. The molecule has 0 aromatic heterocycles. The van der Waals surface area contributed by atoms with E-state index in [1.165, 1.54) is 0 Å². The highest BCUT2D eigenvalue weighted by Gasteiger charge is 2.34. The molecule has 2 aliphatic rings. The van der Waals surface area contributed by atoms with Crippen LogP contribution in [0.1, 0.15) is 32.8 Å². The van der Waals surface area contributed by atoms with Crippen molar-refractivity contribution >= 4 is 38.4 Å². The summed E-state index contributed by atoms with van der Waals surface area (Å²) in [6.45, 7) is 7.92. The minimum atomic E-state index is -3.79. The topological polar surface area (TPSA) is 82.1 Å². The van der Waals surface area contributed by atoms with E-state index in [-0.39, 0.29) is 17.0 Å². The van der Waals surface area contributed by atoms with Gasteiger partial charge in [-0.05, 0) is 44.9 Å². The number of benzene rings is 1. The number of carbonyl (C=O) groups excluding carboxylic acids is 1. The van der Waals surface area contributed by atoms with Crippen molar-refractivity contribution in [1.29, 1.82) is 0 Å². The third-order valence-corrected chi connectivity index (χ3v) is 6.43. The van der Waals surface area contributed by atoms with Gasteiger partial charge in [-0.1, -0.05) is 23.7 Å². The van der Waals surface area contributed by atoms with Gasteiger partial charge in [0.25, 0.3) is 10.0 Å². The Labute approximate surface area is 171 Å². The Hall–Kier alpha value is -2.06. The van der Waals surface area contributed by atoms with Crippen molar-refractivity contribution in [3.8, 4) is 0 Å². The Kier molecular flexibility index (Phi) is 6.00. The van der Waals surface area contributed by atoms with E-state index in [4.69, 9.17) is 11.6 Å². The molecule has 0 spiro atoms. The summed E-state index contributed by atoms with van der Waals surface area (Å²) in [6.07, 6.45) is 0.740. The lowest BCUT2D eigenvalue weighted by Crippen LogP contribution is -2.44. The Bertz CT molecular complexity index is 940. The molecule has 1 saturated heterocycles. The molecule has 2 amide bonds. The lowest BCUT2D eigenvalue weighted by molar-refractivity contribution is 0.198. The van der Waals surface area contributed by atoms with Crippen LogP contribution in [0.5, 0.6) is 0 Å². The quantitative estimate of drug-likeness (QED) is 0.791. The molecule has 0 saturated carbocycles. The summed E-state index contributed by atoms with van der Waals surface area (Å²) < 4.78 is 29.5. The van der Waals surface area contributed by atoms with Crippen molar-refractivity contribution in [2.45, 2.75) is 33.2 Å². The van der Waals surface area contributed by atoms with Crippen LogP contribution < -0.4 is 5.32 Å². The maximum absolute atomic E-state index is 12.7. The largest absolute Gasteiger partial charge is 0.354 e. The number of sulfonamides is 1. The predicted octanol–water partition coefficient (Wildman–Crippen LogP) is 2.94. The molecule has 0 unspecified atom stereocenters. The molecule has 7 nitrogen and oxygen atoms in total. The highest BCUT2D eigenvalue weighted by Crippen LogP contribution is 2.34. The van der Waals surface area contributed by atoms with Crippen LogP contribution in [0, 0.1) is 0 Å². The zero-order chi connectivity index (χ0) is 20.5. The summed E-state index contributed by atoms with van der Waals surface area (Å²) >= 11 is 6.04. The SMILES string of the molecule is CC1=C(c2cccc(Cl)c2)S(=O)(=O)N=C1N1CCCN(C(=O)NC(C)C)CC1. The zero-order valence-corrected chi connectivity index (χ0v) is 17.8. The Balaban J connectivity index is 1.83. The van der Waals surface area contributed by atoms with Crippen LogP contribution >= 0.6 is 11.6 Å². The fourth-order valence-electron chi connectivity index (χ4n) is 3.48. The number of urea groups is 1. The minimum Gasteiger partial charge on any atom is -0.354 e. The summed E-state index contributed by atoms with van der Waals surface area (Å²) in [5, 5.41) is 3.38. The molecule has 3 rings (SSSR count). The number of carbonyl (C=O) groups is 1. The van der Waals surface area contributed by atoms with Crippen molar-refractivity contribution < 1.29 is 13.2 Å². The van der Waals surface area contributed by atoms with Crippen LogP contribution in [0.3, 0.4) is 0 Å². The molecule has 0 bridgehead atoms. The minimum absolute atomic E-state index is 0.0710. The molecule has 1 fully saturated rings. The molecule has 28 heavy (non-hydrogen) atoms. The van der Waals surface area contributed by atoms with Crippen molar-refractivity contribution in [2.75, 3.05) is 26.2 Å². The highest BCUT2D eigenvalue weighted by atomic mass is 35.5. The molecule has 9 heteroatoms. The van der Waals surface area contributed by atoms with E-state index in [2.05, 4.69) is 9.71 Å². The van der Waals surface area contributed by atoms with E-state index in [1.807, 2.05) is 18.7 Å². The van der Waals surface area contributed by atoms with Gasteiger partial charge in [-0.15, -0.1) is 4.40 Å². The van der Waals surface area contributed by atoms with E-state index < -0.39 is 10.0 Å². The van der Waals surface area contributed by atoms with Gasteiger partial charge in [0.15, 0.2) is 0 Å². The standard InChI is InChI=1S/C19H25ClN4O3S/c1-13(2)21-19(25)24-9-5-8-23(10-11-24)18-14(3)17(28(26,27)22-18)15-6-4-7-16(20)12-15/h4,6-7,12-13H,5,8-11H2,1-3H3,(H,21,25). The second-order valence-electron chi connectivity index (χ2n) is 7.29. The van der Waals surface area contributed by atoms with E-state index in [0.717, 1.165) is 6.42 Å². The molecule has 1 aromatic carbocycles. The smallest absolute Gasteiger partial charge is 0.317 e. The first kappa shape index (κ1) is 20.7. The molecule has 2 aliphatic heterocycles. The number of hydrogen-bond donors (Lipinski definition) is 1. The monoisotopic (exact) mass is 424 g/mol. The van der Waals surface area contributed by atoms with Gasteiger partial charge in [0, 0.05) is 42.8 Å². The third kappa shape index (κ3) is 4.33. The van der Waals surface area contributed by atoms with Gasteiger partial charge in [0.05, 0.1) is 0 Å². The molecule has 1 N–H and O–H groups in total. The van der Waals surface area contributed by atoms with Gasteiger partial charge >= 0.3 is 6.03 Å². The van der Waals surface area contributed by atoms with Crippen LogP contribution in [0.4, 0.5) is 4.79 Å². The van der Waals surface area contributed by atoms with Gasteiger partial charge in [-0.3, -0.25) is 0 Å². The molecule has 0 atom stereocenters. The molecule has 0 radical (unpaired) electrons. The average Bonchev–Trinajstić information content (AvgIpc) is 2.77. The number of amidine groups is 1. The van der Waals surface area contributed by atoms with Crippen molar-refractivity contribution in [1.82, 2.24) is 15.1 Å². The van der Waals surface area contributed by atoms with E-state index in [0.29, 0.717) is 48.2 Å². The van der Waals surface area contributed by atoms with Crippen LogP contribution in [-0.2, 0) is 10.0 Å². The number of nitrogens with zero attached hydrogens (tertiary/aromatic N) is 3. The molecule has 1 aromatic rings. The van der Waals surface area contributed by atoms with Crippen LogP contribution in [0.25, 0.3) is 4.91 Å². The summed E-state index contributed by atoms with van der Waals surface area (Å²) in [4.78, 5) is 16.2. The van der Waals surface area contributed by atoms with Crippen molar-refractivity contribution in [3.05, 3.63) is 40.4 Å². The molecular weight excluding hydrogens is 400 g/mol. The molecule has 0 aliphatic carbocycles. The molecule has 152 valence electrons. The Morgan fingerprint density at radius 2 is 1.96 bits per heavy atom. The average molecular weight is 425 g/mol.